The van der Waals surface area contributed by atoms with Gasteiger partial charge in [0.2, 0.25) is 0 Å². The molecule has 176 valence electrons. The van der Waals surface area contributed by atoms with E-state index in [2.05, 4.69) is 6.92 Å². The largest absolute Gasteiger partial charge is 0.449 e. The third-order valence-electron chi connectivity index (χ3n) is 5.76. The van der Waals surface area contributed by atoms with Crippen molar-refractivity contribution in [2.24, 2.45) is 0 Å². The van der Waals surface area contributed by atoms with E-state index in [4.69, 9.17) is 12.3 Å². The van der Waals surface area contributed by atoms with Crippen LogP contribution in [0.1, 0.15) is 135 Å². The van der Waals surface area contributed by atoms with Crippen LogP contribution in [0.2, 0.25) is 6.04 Å². The molecule has 0 aromatic heterocycles. The smallest absolute Gasteiger partial charge is 0.284 e. The number of hydrogen-bond donors (Lipinski definition) is 0. The van der Waals surface area contributed by atoms with Gasteiger partial charge in [-0.1, -0.05) is 135 Å². The molecule has 0 aliphatic carbocycles. The molecule has 0 spiro atoms. The quantitative estimate of drug-likeness (QED) is 0.134. The molecule has 0 radical (unpaired) electrons. The molecular weight excluding hydrogens is 425 g/mol. The lowest BCUT2D eigenvalue weighted by atomic mass is 10.0. The standard InChI is InChI=1S/C22H54O3Si4/c1-2-3-4-5-6-7-8-9-10-11-12-13-14-15-16-17-18-19-20-21-22-27-24-29-25-28-23-26/h2-22,27-29H2,1,26H3. The van der Waals surface area contributed by atoms with E-state index in [0.29, 0.717) is 0 Å². The van der Waals surface area contributed by atoms with Gasteiger partial charge in [-0.2, -0.15) is 0 Å². The predicted octanol–water partition coefficient (Wildman–Crippen LogP) is 4.64. The Morgan fingerprint density at radius 1 is 0.483 bits per heavy atom. The van der Waals surface area contributed by atoms with E-state index in [0.717, 1.165) is 10.5 Å². The van der Waals surface area contributed by atoms with Gasteiger partial charge in [0, 0.05) is 0 Å². The van der Waals surface area contributed by atoms with Gasteiger partial charge in [-0.25, -0.2) is 0 Å². The van der Waals surface area contributed by atoms with Crippen LogP contribution in [0.25, 0.3) is 0 Å². The number of rotatable bonds is 26. The summed E-state index contributed by atoms with van der Waals surface area (Å²) < 4.78 is 16.3. The average molecular weight is 479 g/mol. The molecule has 0 N–H and O–H groups in total. The van der Waals surface area contributed by atoms with E-state index in [1.165, 1.54) is 134 Å². The summed E-state index contributed by atoms with van der Waals surface area (Å²) in [5.41, 5.74) is 0. The topological polar surface area (TPSA) is 27.7 Å². The van der Waals surface area contributed by atoms with Gasteiger partial charge in [0.1, 0.15) is 20.2 Å². The summed E-state index contributed by atoms with van der Waals surface area (Å²) in [7, 11) is -0.726. The van der Waals surface area contributed by atoms with Crippen molar-refractivity contribution < 1.29 is 12.3 Å². The molecule has 0 rings (SSSR count). The minimum Gasteiger partial charge on any atom is -0.449 e. The van der Waals surface area contributed by atoms with Crippen LogP contribution in [0.5, 0.6) is 0 Å². The monoisotopic (exact) mass is 478 g/mol. The summed E-state index contributed by atoms with van der Waals surface area (Å²) in [6.07, 6.45) is 29.1. The van der Waals surface area contributed by atoms with Crippen molar-refractivity contribution in [3.05, 3.63) is 0 Å². The van der Waals surface area contributed by atoms with Crippen molar-refractivity contribution in [1.29, 1.82) is 0 Å². The van der Waals surface area contributed by atoms with Crippen LogP contribution >= 0.6 is 0 Å². The highest BCUT2D eigenvalue weighted by Gasteiger charge is 1.96. The van der Waals surface area contributed by atoms with Crippen molar-refractivity contribution in [3.8, 4) is 0 Å². The molecule has 0 unspecified atom stereocenters. The second-order valence-electron chi connectivity index (χ2n) is 8.71. The van der Waals surface area contributed by atoms with E-state index >= 15 is 0 Å². The fourth-order valence-electron chi connectivity index (χ4n) is 3.87. The van der Waals surface area contributed by atoms with Crippen molar-refractivity contribution in [1.82, 2.24) is 0 Å². The fraction of sp³-hybridized carbons (Fsp3) is 1.00. The highest BCUT2D eigenvalue weighted by atomic mass is 28.4. The molecule has 0 aliphatic rings. The molecule has 0 heterocycles. The van der Waals surface area contributed by atoms with E-state index < -0.39 is 20.0 Å². The second kappa shape index (κ2) is 28.7. The van der Waals surface area contributed by atoms with Crippen LogP contribution < -0.4 is 0 Å². The van der Waals surface area contributed by atoms with Gasteiger partial charge >= 0.3 is 0 Å². The summed E-state index contributed by atoms with van der Waals surface area (Å²) in [4.78, 5) is 0. The lowest BCUT2D eigenvalue weighted by Crippen LogP contribution is -2.12. The number of unbranched alkanes of at least 4 members (excludes halogenated alkanes) is 19. The Kier molecular flexibility index (Phi) is 29.5. The molecule has 0 aliphatic heterocycles. The Hall–Kier alpha value is 0.748. The van der Waals surface area contributed by atoms with Gasteiger partial charge in [-0.05, 0) is 6.04 Å². The minimum absolute atomic E-state index is 0.271. The van der Waals surface area contributed by atoms with Gasteiger partial charge in [0.05, 0.1) is 0 Å². The molecule has 0 amide bonds. The van der Waals surface area contributed by atoms with E-state index in [1.807, 2.05) is 0 Å². The van der Waals surface area contributed by atoms with Gasteiger partial charge in [-0.15, -0.1) is 0 Å². The number of hydrogen-bond acceptors (Lipinski definition) is 3. The molecule has 0 bridgehead atoms. The molecule has 3 nitrogen and oxygen atoms in total. The average Bonchev–Trinajstić information content (AvgIpc) is 2.74. The molecule has 0 saturated heterocycles. The van der Waals surface area contributed by atoms with Crippen LogP contribution in [-0.2, 0) is 12.3 Å². The lowest BCUT2D eigenvalue weighted by Gasteiger charge is -2.05. The third kappa shape index (κ3) is 28.7. The summed E-state index contributed by atoms with van der Waals surface area (Å²) in [6.45, 7) is 2.30. The van der Waals surface area contributed by atoms with Crippen LogP contribution in [-0.4, -0.2) is 40.3 Å². The molecular formula is C22H54O3Si4. The van der Waals surface area contributed by atoms with E-state index in [-0.39, 0.29) is 9.76 Å². The lowest BCUT2D eigenvalue weighted by molar-refractivity contribution is 0.437. The van der Waals surface area contributed by atoms with Crippen molar-refractivity contribution in [2.75, 3.05) is 0 Å². The molecule has 0 aromatic rings. The molecule has 0 aromatic carbocycles. The first kappa shape index (κ1) is 29.7. The highest BCUT2D eigenvalue weighted by Crippen LogP contribution is 2.15. The van der Waals surface area contributed by atoms with E-state index in [1.54, 1.807) is 0 Å². The Morgan fingerprint density at radius 3 is 1.24 bits per heavy atom. The summed E-state index contributed by atoms with van der Waals surface area (Å²) in [6, 6.07) is 1.35. The van der Waals surface area contributed by atoms with Gasteiger partial charge in [0.15, 0.2) is 0 Å². The fourth-order valence-corrected chi connectivity index (χ4v) is 9.69. The molecule has 29 heavy (non-hydrogen) atoms. The van der Waals surface area contributed by atoms with Gasteiger partial charge < -0.3 is 12.3 Å². The van der Waals surface area contributed by atoms with Crippen LogP contribution in [0.3, 0.4) is 0 Å². The molecule has 0 atom stereocenters. The predicted molar refractivity (Wildman–Crippen MR) is 142 cm³/mol. The normalized spacial score (nSPS) is 12.7. The first-order valence-corrected chi connectivity index (χ1v) is 17.8. The molecule has 7 heteroatoms. The Balaban J connectivity index is 2.97. The minimum atomic E-state index is -0.650. The first-order chi connectivity index (χ1) is 14.4. The van der Waals surface area contributed by atoms with Crippen LogP contribution in [0.4, 0.5) is 0 Å². The summed E-state index contributed by atoms with van der Waals surface area (Å²) in [5.74, 6) is 0. The zero-order valence-electron chi connectivity index (χ0n) is 20.2. The van der Waals surface area contributed by atoms with Gasteiger partial charge in [0.25, 0.3) is 20.0 Å². The third-order valence-corrected chi connectivity index (χ3v) is 10.6. The van der Waals surface area contributed by atoms with Gasteiger partial charge in [-0.3, -0.25) is 0 Å². The Bertz CT molecular complexity index is 261. The Labute approximate surface area is 193 Å². The maximum atomic E-state index is 5.70. The zero-order chi connectivity index (χ0) is 21.1. The van der Waals surface area contributed by atoms with E-state index in [9.17, 15) is 0 Å². The Morgan fingerprint density at radius 2 is 0.862 bits per heavy atom. The van der Waals surface area contributed by atoms with Crippen LogP contribution in [0.15, 0.2) is 0 Å². The maximum absolute atomic E-state index is 5.70. The maximum Gasteiger partial charge on any atom is 0.284 e. The highest BCUT2D eigenvalue weighted by molar-refractivity contribution is 6.44. The summed E-state index contributed by atoms with van der Waals surface area (Å²) >= 11 is 0. The molecule has 0 fully saturated rings. The SMILES string of the molecule is CCCCCCCCCCCCCCCCCCCCCC[SiH2]O[SiH2]O[SiH2]O[SiH3]. The summed E-state index contributed by atoms with van der Waals surface area (Å²) in [5, 5.41) is 0. The molecule has 0 saturated carbocycles. The van der Waals surface area contributed by atoms with Crippen molar-refractivity contribution >= 4 is 40.3 Å². The first-order valence-electron chi connectivity index (χ1n) is 13.1. The second-order valence-corrected chi connectivity index (χ2v) is 15.9. The zero-order valence-corrected chi connectivity index (χ0v) is 26.4. The van der Waals surface area contributed by atoms with Crippen molar-refractivity contribution in [2.45, 2.75) is 141 Å². The van der Waals surface area contributed by atoms with Crippen LogP contribution in [0, 0.1) is 0 Å². The van der Waals surface area contributed by atoms with Crippen molar-refractivity contribution in [3.63, 3.8) is 0 Å².